The fourth-order valence-electron chi connectivity index (χ4n) is 3.40. The van der Waals surface area contributed by atoms with Crippen LogP contribution >= 0.6 is 0 Å². The number of carboxylic acid groups (broad SMARTS) is 1. The zero-order valence-corrected chi connectivity index (χ0v) is 13.1. The Bertz CT molecular complexity index is 424. The van der Waals surface area contributed by atoms with Gasteiger partial charge in [-0.1, -0.05) is 12.8 Å². The zero-order valence-electron chi connectivity index (χ0n) is 13.1. The number of hydrogen-bond acceptors (Lipinski definition) is 3. The van der Waals surface area contributed by atoms with E-state index in [2.05, 4.69) is 10.6 Å². The summed E-state index contributed by atoms with van der Waals surface area (Å²) in [6.07, 6.45) is 7.27. The average Bonchev–Trinajstić information content (AvgIpc) is 3.02. The number of nitrogens with one attached hydrogen (secondary N) is 2. The van der Waals surface area contributed by atoms with Gasteiger partial charge in [0.1, 0.15) is 6.04 Å². The van der Waals surface area contributed by atoms with Crippen molar-refractivity contribution in [2.45, 2.75) is 70.4 Å². The molecule has 0 bridgehead atoms. The van der Waals surface area contributed by atoms with Crippen molar-refractivity contribution < 1.29 is 19.5 Å². The number of rotatable bonds is 5. The standard InChI is InChI=1S/C16H26N2O4/c1-10(16(21)22)17-14(19)12-6-8-13(9-7-12)18-15(20)11-4-2-3-5-11/h10-13H,2-9H2,1H3,(H,17,19)(H,18,20)(H,21,22)/t10-,12?,13?/m0/s1. The third-order valence-corrected chi connectivity index (χ3v) is 4.90. The SMILES string of the molecule is C[C@H](NC(=O)C1CCC(NC(=O)C2CCCC2)CC1)C(=O)O. The van der Waals surface area contributed by atoms with Crippen molar-refractivity contribution in [3.05, 3.63) is 0 Å². The lowest BCUT2D eigenvalue weighted by Gasteiger charge is -2.29. The van der Waals surface area contributed by atoms with Crippen LogP contribution in [0.1, 0.15) is 58.3 Å². The summed E-state index contributed by atoms with van der Waals surface area (Å²) in [5.74, 6) is -0.995. The first-order valence-electron chi connectivity index (χ1n) is 8.31. The number of carbonyl (C=O) groups excluding carboxylic acids is 2. The zero-order chi connectivity index (χ0) is 16.1. The lowest BCUT2D eigenvalue weighted by Crippen LogP contribution is -2.45. The Kier molecular flexibility index (Phi) is 5.80. The van der Waals surface area contributed by atoms with Gasteiger partial charge in [0.15, 0.2) is 0 Å². The van der Waals surface area contributed by atoms with E-state index in [1.54, 1.807) is 0 Å². The predicted molar refractivity (Wildman–Crippen MR) is 81.1 cm³/mol. The maximum absolute atomic E-state index is 12.1. The summed E-state index contributed by atoms with van der Waals surface area (Å²) in [6.45, 7) is 1.47. The molecule has 0 aromatic heterocycles. The first-order chi connectivity index (χ1) is 10.5. The van der Waals surface area contributed by atoms with Gasteiger partial charge in [-0.05, 0) is 45.4 Å². The number of carbonyl (C=O) groups is 3. The van der Waals surface area contributed by atoms with Gasteiger partial charge in [0.25, 0.3) is 0 Å². The summed E-state index contributed by atoms with van der Waals surface area (Å²) in [6, 6.07) is -0.693. The molecule has 0 saturated heterocycles. The minimum atomic E-state index is -1.02. The molecule has 1 atom stereocenters. The van der Waals surface area contributed by atoms with Crippen LogP contribution in [-0.4, -0.2) is 35.0 Å². The molecule has 3 N–H and O–H groups in total. The molecule has 6 heteroatoms. The molecule has 22 heavy (non-hydrogen) atoms. The van der Waals surface area contributed by atoms with Crippen LogP contribution in [0.15, 0.2) is 0 Å². The average molecular weight is 310 g/mol. The molecule has 2 aliphatic carbocycles. The largest absolute Gasteiger partial charge is 0.480 e. The highest BCUT2D eigenvalue weighted by Crippen LogP contribution is 2.27. The second-order valence-electron chi connectivity index (χ2n) is 6.61. The number of aliphatic carboxylic acids is 1. The van der Waals surface area contributed by atoms with Crippen LogP contribution in [0.3, 0.4) is 0 Å². The van der Waals surface area contributed by atoms with E-state index in [1.165, 1.54) is 6.92 Å². The van der Waals surface area contributed by atoms with E-state index in [0.29, 0.717) is 12.8 Å². The highest BCUT2D eigenvalue weighted by Gasteiger charge is 2.30. The molecule has 0 radical (unpaired) electrons. The Hall–Kier alpha value is -1.59. The summed E-state index contributed by atoms with van der Waals surface area (Å²) >= 11 is 0. The summed E-state index contributed by atoms with van der Waals surface area (Å²) in [5.41, 5.74) is 0. The second-order valence-corrected chi connectivity index (χ2v) is 6.61. The number of amides is 2. The van der Waals surface area contributed by atoms with Crippen molar-refractivity contribution in [1.82, 2.24) is 10.6 Å². The van der Waals surface area contributed by atoms with Crippen molar-refractivity contribution in [1.29, 1.82) is 0 Å². The van der Waals surface area contributed by atoms with Crippen LogP contribution < -0.4 is 10.6 Å². The molecule has 2 rings (SSSR count). The molecule has 0 aromatic rings. The van der Waals surface area contributed by atoms with Crippen LogP contribution in [0, 0.1) is 11.8 Å². The van der Waals surface area contributed by atoms with E-state index in [9.17, 15) is 14.4 Å². The summed E-state index contributed by atoms with van der Waals surface area (Å²) < 4.78 is 0. The predicted octanol–water partition coefficient (Wildman–Crippen LogP) is 1.44. The van der Waals surface area contributed by atoms with Gasteiger partial charge in [-0.15, -0.1) is 0 Å². The first kappa shape index (κ1) is 16.8. The molecule has 2 saturated carbocycles. The van der Waals surface area contributed by atoms with E-state index in [0.717, 1.165) is 38.5 Å². The van der Waals surface area contributed by atoms with E-state index >= 15 is 0 Å². The number of carboxylic acids is 1. The smallest absolute Gasteiger partial charge is 0.325 e. The Morgan fingerprint density at radius 3 is 2.00 bits per heavy atom. The topological polar surface area (TPSA) is 95.5 Å². The van der Waals surface area contributed by atoms with E-state index in [-0.39, 0.29) is 29.7 Å². The molecule has 0 unspecified atom stereocenters. The molecule has 124 valence electrons. The van der Waals surface area contributed by atoms with Crippen LogP contribution in [0.4, 0.5) is 0 Å². The fraction of sp³-hybridized carbons (Fsp3) is 0.812. The van der Waals surface area contributed by atoms with Crippen LogP contribution in [0.2, 0.25) is 0 Å². The van der Waals surface area contributed by atoms with Gasteiger partial charge < -0.3 is 15.7 Å². The summed E-state index contributed by atoms with van der Waals surface area (Å²) in [5, 5.41) is 14.5. The van der Waals surface area contributed by atoms with Crippen molar-refractivity contribution in [2.24, 2.45) is 11.8 Å². The van der Waals surface area contributed by atoms with Gasteiger partial charge in [0, 0.05) is 17.9 Å². The molecule has 0 aliphatic heterocycles. The van der Waals surface area contributed by atoms with E-state index in [4.69, 9.17) is 5.11 Å². The molecule has 0 aromatic carbocycles. The quantitative estimate of drug-likeness (QED) is 0.716. The second kappa shape index (κ2) is 7.61. The monoisotopic (exact) mass is 310 g/mol. The molecule has 2 fully saturated rings. The molecule has 6 nitrogen and oxygen atoms in total. The van der Waals surface area contributed by atoms with Gasteiger partial charge in [0.2, 0.25) is 11.8 Å². The Morgan fingerprint density at radius 2 is 1.45 bits per heavy atom. The third-order valence-electron chi connectivity index (χ3n) is 4.90. The highest BCUT2D eigenvalue weighted by molar-refractivity contribution is 5.84. The lowest BCUT2D eigenvalue weighted by molar-refractivity contribution is -0.142. The Morgan fingerprint density at radius 1 is 0.909 bits per heavy atom. The van der Waals surface area contributed by atoms with Gasteiger partial charge in [0.05, 0.1) is 0 Å². The normalized spacial score (nSPS) is 27.1. The molecular weight excluding hydrogens is 284 g/mol. The van der Waals surface area contributed by atoms with Crippen molar-refractivity contribution >= 4 is 17.8 Å². The Labute approximate surface area is 131 Å². The minimum Gasteiger partial charge on any atom is -0.480 e. The number of hydrogen-bond donors (Lipinski definition) is 3. The van der Waals surface area contributed by atoms with Crippen molar-refractivity contribution in [3.63, 3.8) is 0 Å². The van der Waals surface area contributed by atoms with Gasteiger partial charge in [-0.2, -0.15) is 0 Å². The van der Waals surface area contributed by atoms with Crippen molar-refractivity contribution in [2.75, 3.05) is 0 Å². The third kappa shape index (κ3) is 4.45. The van der Waals surface area contributed by atoms with Crippen molar-refractivity contribution in [3.8, 4) is 0 Å². The van der Waals surface area contributed by atoms with Gasteiger partial charge in [-0.25, -0.2) is 0 Å². The van der Waals surface area contributed by atoms with Gasteiger partial charge >= 0.3 is 5.97 Å². The van der Waals surface area contributed by atoms with E-state index in [1.807, 2.05) is 0 Å². The molecule has 0 spiro atoms. The van der Waals surface area contributed by atoms with Crippen LogP contribution in [0.25, 0.3) is 0 Å². The summed E-state index contributed by atoms with van der Waals surface area (Å²) in [4.78, 5) is 34.8. The maximum Gasteiger partial charge on any atom is 0.325 e. The van der Waals surface area contributed by atoms with Crippen LogP contribution in [0.5, 0.6) is 0 Å². The van der Waals surface area contributed by atoms with E-state index < -0.39 is 12.0 Å². The Balaban J connectivity index is 1.72. The van der Waals surface area contributed by atoms with Crippen LogP contribution in [-0.2, 0) is 14.4 Å². The lowest BCUT2D eigenvalue weighted by atomic mass is 9.85. The maximum atomic E-state index is 12.1. The fourth-order valence-corrected chi connectivity index (χ4v) is 3.40. The highest BCUT2D eigenvalue weighted by atomic mass is 16.4. The molecule has 0 heterocycles. The van der Waals surface area contributed by atoms with Gasteiger partial charge in [-0.3, -0.25) is 14.4 Å². The molecule has 2 aliphatic rings. The molecular formula is C16H26N2O4. The first-order valence-corrected chi connectivity index (χ1v) is 8.31. The summed E-state index contributed by atoms with van der Waals surface area (Å²) in [7, 11) is 0. The minimum absolute atomic E-state index is 0.138. The molecule has 2 amide bonds.